The number of rotatable bonds is 6. The molecule has 166 valence electrons. The minimum atomic E-state index is -0.0250. The van der Waals surface area contributed by atoms with Gasteiger partial charge in [0.05, 0.1) is 16.9 Å². The molecule has 4 heterocycles. The van der Waals surface area contributed by atoms with Crippen LogP contribution in [0.2, 0.25) is 0 Å². The Morgan fingerprint density at radius 3 is 2.72 bits per heavy atom. The van der Waals surface area contributed by atoms with Gasteiger partial charge in [0.1, 0.15) is 22.4 Å². The monoisotopic (exact) mass is 495 g/mol. The van der Waals surface area contributed by atoms with Gasteiger partial charge in [-0.05, 0) is 71.8 Å². The van der Waals surface area contributed by atoms with Crippen molar-refractivity contribution in [1.29, 1.82) is 0 Å². The number of aryl methyl sites for hydroxylation is 1. The Labute approximate surface area is 195 Å². The second kappa shape index (κ2) is 9.02. The summed E-state index contributed by atoms with van der Waals surface area (Å²) in [6.45, 7) is 2.32. The zero-order valence-corrected chi connectivity index (χ0v) is 19.7. The Morgan fingerprint density at radius 1 is 1.19 bits per heavy atom. The highest BCUT2D eigenvalue weighted by molar-refractivity contribution is 9.10. The lowest BCUT2D eigenvalue weighted by Gasteiger charge is -2.34. The normalized spacial score (nSPS) is 17.7. The second-order valence-electron chi connectivity index (χ2n) is 8.62. The van der Waals surface area contributed by atoms with E-state index in [1.807, 2.05) is 30.3 Å². The van der Waals surface area contributed by atoms with Crippen molar-refractivity contribution in [2.75, 3.05) is 24.6 Å². The third-order valence-corrected chi connectivity index (χ3v) is 6.80. The van der Waals surface area contributed by atoms with Gasteiger partial charge in [-0.25, -0.2) is 4.98 Å². The molecular weight excluding hydrogens is 470 g/mol. The van der Waals surface area contributed by atoms with Gasteiger partial charge in [-0.15, -0.1) is 0 Å². The van der Waals surface area contributed by atoms with Gasteiger partial charge in [-0.2, -0.15) is 0 Å². The topological polar surface area (TPSA) is 72.6 Å². The number of pyridine rings is 3. The molecule has 0 N–H and O–H groups in total. The van der Waals surface area contributed by atoms with Crippen LogP contribution in [0.3, 0.4) is 0 Å². The lowest BCUT2D eigenvalue weighted by molar-refractivity contribution is 0.132. The Morgan fingerprint density at radius 2 is 2.00 bits per heavy atom. The molecule has 1 aliphatic heterocycles. The molecule has 1 saturated heterocycles. The van der Waals surface area contributed by atoms with E-state index in [1.54, 1.807) is 23.9 Å². The molecule has 0 amide bonds. The maximum absolute atomic E-state index is 12.6. The standard InChI is InChI=1S/C24H26BrN5O2/c1-29-19-7-8-21(25)27-24(19)20(14-22(29)31)30-12-9-17(10-13-30)23(18-4-2-3-11-26-18)28-32-15-16-5-6-16/h2-4,7-8,11,14,16-17H,5-6,9-10,12-13,15H2,1H3/b28-23+. The summed E-state index contributed by atoms with van der Waals surface area (Å²) in [7, 11) is 1.79. The van der Waals surface area contributed by atoms with Crippen LogP contribution in [0.5, 0.6) is 0 Å². The highest BCUT2D eigenvalue weighted by Gasteiger charge is 2.28. The van der Waals surface area contributed by atoms with E-state index in [2.05, 4.69) is 36.0 Å². The first kappa shape index (κ1) is 21.1. The summed E-state index contributed by atoms with van der Waals surface area (Å²) in [6.07, 6.45) is 6.10. The maximum atomic E-state index is 12.6. The fourth-order valence-electron chi connectivity index (χ4n) is 4.26. The van der Waals surface area contributed by atoms with Crippen LogP contribution in [0.25, 0.3) is 11.0 Å². The second-order valence-corrected chi connectivity index (χ2v) is 9.43. The molecule has 8 heteroatoms. The van der Waals surface area contributed by atoms with Crippen LogP contribution in [-0.2, 0) is 11.9 Å². The van der Waals surface area contributed by atoms with Crippen LogP contribution in [0.15, 0.2) is 57.1 Å². The summed E-state index contributed by atoms with van der Waals surface area (Å²) >= 11 is 3.47. The summed E-state index contributed by atoms with van der Waals surface area (Å²) in [5.41, 5.74) is 4.35. The fourth-order valence-corrected chi connectivity index (χ4v) is 4.57. The number of nitrogens with zero attached hydrogens (tertiary/aromatic N) is 5. The molecular formula is C24H26BrN5O2. The maximum Gasteiger partial charge on any atom is 0.252 e. The summed E-state index contributed by atoms with van der Waals surface area (Å²) in [4.78, 5) is 29.8. The first-order valence-electron chi connectivity index (χ1n) is 11.1. The lowest BCUT2D eigenvalue weighted by Crippen LogP contribution is -2.38. The van der Waals surface area contributed by atoms with Crippen molar-refractivity contribution < 1.29 is 4.84 Å². The van der Waals surface area contributed by atoms with Gasteiger partial charge in [-0.1, -0.05) is 11.2 Å². The molecule has 32 heavy (non-hydrogen) atoms. The van der Waals surface area contributed by atoms with Crippen LogP contribution in [0, 0.1) is 11.8 Å². The van der Waals surface area contributed by atoms with Crippen LogP contribution in [-0.4, -0.2) is 39.9 Å². The number of fused-ring (bicyclic) bond motifs is 1. The molecule has 0 unspecified atom stereocenters. The van der Waals surface area contributed by atoms with Gasteiger partial charge in [-0.3, -0.25) is 9.78 Å². The summed E-state index contributed by atoms with van der Waals surface area (Å²) < 4.78 is 2.41. The van der Waals surface area contributed by atoms with Crippen molar-refractivity contribution in [3.8, 4) is 0 Å². The molecule has 2 aliphatic rings. The van der Waals surface area contributed by atoms with Crippen molar-refractivity contribution >= 4 is 38.4 Å². The Kier molecular flexibility index (Phi) is 5.95. The first-order chi connectivity index (χ1) is 15.6. The van der Waals surface area contributed by atoms with Crippen molar-refractivity contribution in [3.63, 3.8) is 0 Å². The van der Waals surface area contributed by atoms with E-state index in [1.165, 1.54) is 12.8 Å². The zero-order valence-electron chi connectivity index (χ0n) is 18.1. The van der Waals surface area contributed by atoms with E-state index in [-0.39, 0.29) is 11.5 Å². The van der Waals surface area contributed by atoms with Gasteiger partial charge in [0.15, 0.2) is 0 Å². The molecule has 3 aromatic rings. The number of hydrogen-bond donors (Lipinski definition) is 0. The molecule has 2 fully saturated rings. The van der Waals surface area contributed by atoms with Crippen LogP contribution < -0.4 is 10.5 Å². The van der Waals surface area contributed by atoms with Gasteiger partial charge in [0.25, 0.3) is 5.56 Å². The molecule has 3 aromatic heterocycles. The van der Waals surface area contributed by atoms with Gasteiger partial charge < -0.3 is 14.3 Å². The number of halogens is 1. The quantitative estimate of drug-likeness (QED) is 0.292. The number of anilines is 1. The summed E-state index contributed by atoms with van der Waals surface area (Å²) in [6, 6.07) is 11.4. The molecule has 1 aliphatic carbocycles. The van der Waals surface area contributed by atoms with E-state index in [0.29, 0.717) is 12.5 Å². The molecule has 0 bridgehead atoms. The fraction of sp³-hybridized carbons (Fsp3) is 0.417. The molecule has 7 nitrogen and oxygen atoms in total. The third-order valence-electron chi connectivity index (χ3n) is 6.35. The number of hydrogen-bond acceptors (Lipinski definition) is 6. The minimum absolute atomic E-state index is 0.0250. The van der Waals surface area contributed by atoms with Crippen molar-refractivity contribution in [1.82, 2.24) is 14.5 Å². The highest BCUT2D eigenvalue weighted by Crippen LogP contribution is 2.31. The zero-order chi connectivity index (χ0) is 22.1. The van der Waals surface area contributed by atoms with Gasteiger partial charge in [0, 0.05) is 38.3 Å². The van der Waals surface area contributed by atoms with E-state index in [9.17, 15) is 4.79 Å². The van der Waals surface area contributed by atoms with Crippen molar-refractivity contribution in [2.45, 2.75) is 25.7 Å². The van der Waals surface area contributed by atoms with E-state index < -0.39 is 0 Å². The number of aromatic nitrogens is 3. The number of piperidine rings is 1. The van der Waals surface area contributed by atoms with E-state index in [0.717, 1.165) is 58.7 Å². The Hall–Kier alpha value is -2.74. The molecule has 0 aromatic carbocycles. The smallest absolute Gasteiger partial charge is 0.252 e. The molecule has 0 spiro atoms. The predicted molar refractivity (Wildman–Crippen MR) is 129 cm³/mol. The summed E-state index contributed by atoms with van der Waals surface area (Å²) in [5.74, 6) is 0.921. The van der Waals surface area contributed by atoms with E-state index >= 15 is 0 Å². The van der Waals surface area contributed by atoms with Gasteiger partial charge >= 0.3 is 0 Å². The van der Waals surface area contributed by atoms with Crippen LogP contribution in [0.1, 0.15) is 31.4 Å². The minimum Gasteiger partial charge on any atom is -0.395 e. The average Bonchev–Trinajstić information content (AvgIpc) is 3.64. The van der Waals surface area contributed by atoms with Crippen molar-refractivity contribution in [3.05, 3.63) is 63.2 Å². The first-order valence-corrected chi connectivity index (χ1v) is 11.9. The Bertz CT molecular complexity index is 1200. The Balaban J connectivity index is 1.38. The molecule has 0 radical (unpaired) electrons. The largest absolute Gasteiger partial charge is 0.395 e. The van der Waals surface area contributed by atoms with Crippen LogP contribution in [0.4, 0.5) is 5.69 Å². The SMILES string of the molecule is Cn1c(=O)cc(N2CCC(/C(=N\OCC3CC3)c3ccccn3)CC2)c2nc(Br)ccc21. The van der Waals surface area contributed by atoms with Crippen LogP contribution >= 0.6 is 15.9 Å². The summed E-state index contributed by atoms with van der Waals surface area (Å²) in [5, 5.41) is 4.55. The van der Waals surface area contributed by atoms with E-state index in [4.69, 9.17) is 4.84 Å². The highest BCUT2D eigenvalue weighted by atomic mass is 79.9. The van der Waals surface area contributed by atoms with Gasteiger partial charge in [0.2, 0.25) is 0 Å². The van der Waals surface area contributed by atoms with Crippen molar-refractivity contribution in [2.24, 2.45) is 24.0 Å². The molecule has 1 saturated carbocycles. The predicted octanol–water partition coefficient (Wildman–Crippen LogP) is 4.14. The lowest BCUT2D eigenvalue weighted by atomic mass is 9.89. The molecule has 5 rings (SSSR count). The third kappa shape index (κ3) is 4.41. The number of oxime groups is 1. The average molecular weight is 496 g/mol. The molecule has 0 atom stereocenters.